The van der Waals surface area contributed by atoms with E-state index < -0.39 is 15.8 Å². The van der Waals surface area contributed by atoms with Crippen molar-refractivity contribution in [1.82, 2.24) is 5.32 Å². The van der Waals surface area contributed by atoms with Crippen LogP contribution in [0.5, 0.6) is 0 Å². The van der Waals surface area contributed by atoms with Crippen LogP contribution in [-0.2, 0) is 16.6 Å². The Morgan fingerprint density at radius 2 is 1.95 bits per heavy atom. The van der Waals surface area contributed by atoms with Crippen LogP contribution in [0.2, 0.25) is 0 Å². The molecule has 0 atom stereocenters. The Morgan fingerprint density at radius 3 is 2.60 bits per heavy atom. The molecule has 0 radical (unpaired) electrons. The fourth-order valence-electron chi connectivity index (χ4n) is 1.74. The summed E-state index contributed by atoms with van der Waals surface area (Å²) in [7, 11) is -0.585. The van der Waals surface area contributed by atoms with Crippen molar-refractivity contribution >= 4 is 27.0 Å². The minimum atomic E-state index is -3.73. The van der Waals surface area contributed by atoms with Crippen LogP contribution in [0, 0.1) is 5.82 Å². The Labute approximate surface area is 121 Å². The van der Waals surface area contributed by atoms with Crippen molar-refractivity contribution in [2.45, 2.75) is 10.8 Å². The zero-order valence-corrected chi connectivity index (χ0v) is 12.8. The number of rotatable bonds is 5. The molecule has 4 nitrogen and oxygen atoms in total. The van der Waals surface area contributed by atoms with Crippen molar-refractivity contribution in [3.05, 3.63) is 47.1 Å². The summed E-state index contributed by atoms with van der Waals surface area (Å²) < 4.78 is 39.8. The van der Waals surface area contributed by atoms with Crippen LogP contribution in [0.25, 0.3) is 0 Å². The SMILES string of the molecule is CNCc1ccc(S(=O)(=O)N(C)c2ccccc2F)s1. The highest BCUT2D eigenvalue weighted by Gasteiger charge is 2.24. The first-order chi connectivity index (χ1) is 9.46. The fraction of sp³-hybridized carbons (Fsp3) is 0.231. The van der Waals surface area contributed by atoms with Gasteiger partial charge in [-0.2, -0.15) is 0 Å². The second-order valence-corrected chi connectivity index (χ2v) is 7.54. The first-order valence-corrected chi connectivity index (χ1v) is 8.19. The third-order valence-electron chi connectivity index (χ3n) is 2.79. The summed E-state index contributed by atoms with van der Waals surface area (Å²) in [6, 6.07) is 9.10. The predicted molar refractivity (Wildman–Crippen MR) is 79.1 cm³/mol. The highest BCUT2D eigenvalue weighted by molar-refractivity contribution is 7.94. The lowest BCUT2D eigenvalue weighted by Crippen LogP contribution is -2.26. The largest absolute Gasteiger partial charge is 0.315 e. The summed E-state index contributed by atoms with van der Waals surface area (Å²) in [5.74, 6) is -0.564. The van der Waals surface area contributed by atoms with Crippen molar-refractivity contribution in [2.24, 2.45) is 0 Å². The minimum absolute atomic E-state index is 0.0380. The standard InChI is InChI=1S/C13H15FN2O2S2/c1-15-9-10-7-8-13(19-10)20(17,18)16(2)12-6-4-3-5-11(12)14/h3-8,15H,9H2,1-2H3. The Hall–Kier alpha value is -1.44. The highest BCUT2D eigenvalue weighted by atomic mass is 32.2. The summed E-state index contributed by atoms with van der Waals surface area (Å²) in [4.78, 5) is 0.910. The molecule has 108 valence electrons. The molecule has 2 aromatic rings. The van der Waals surface area contributed by atoms with Gasteiger partial charge >= 0.3 is 0 Å². The van der Waals surface area contributed by atoms with Gasteiger partial charge in [-0.05, 0) is 31.3 Å². The van der Waals surface area contributed by atoms with Crippen molar-refractivity contribution in [1.29, 1.82) is 0 Å². The second kappa shape index (κ2) is 5.90. The molecule has 0 saturated heterocycles. The number of hydrogen-bond donors (Lipinski definition) is 1. The average Bonchev–Trinajstić information content (AvgIpc) is 2.88. The summed E-state index contributed by atoms with van der Waals surface area (Å²) in [5.41, 5.74) is 0.0380. The molecule has 0 saturated carbocycles. The molecule has 20 heavy (non-hydrogen) atoms. The molecule has 0 unspecified atom stereocenters. The molecule has 1 aromatic heterocycles. The second-order valence-electron chi connectivity index (χ2n) is 4.18. The van der Waals surface area contributed by atoms with Gasteiger partial charge in [0.1, 0.15) is 10.0 Å². The van der Waals surface area contributed by atoms with Crippen molar-refractivity contribution in [3.8, 4) is 0 Å². The first-order valence-electron chi connectivity index (χ1n) is 5.93. The topological polar surface area (TPSA) is 49.4 Å². The molecule has 7 heteroatoms. The Morgan fingerprint density at radius 1 is 1.25 bits per heavy atom. The van der Waals surface area contributed by atoms with E-state index in [1.165, 1.54) is 36.6 Å². The van der Waals surface area contributed by atoms with Crippen LogP contribution >= 0.6 is 11.3 Å². The number of benzene rings is 1. The minimum Gasteiger partial charge on any atom is -0.315 e. The quantitative estimate of drug-likeness (QED) is 0.922. The van der Waals surface area contributed by atoms with Gasteiger partial charge in [0, 0.05) is 18.5 Å². The number of halogens is 1. The van der Waals surface area contributed by atoms with Gasteiger partial charge in [0.25, 0.3) is 10.0 Å². The zero-order valence-electron chi connectivity index (χ0n) is 11.1. The van der Waals surface area contributed by atoms with Crippen LogP contribution in [-0.4, -0.2) is 22.5 Å². The summed E-state index contributed by atoms with van der Waals surface area (Å²) >= 11 is 1.18. The molecular weight excluding hydrogens is 299 g/mol. The number of sulfonamides is 1. The number of nitrogens with one attached hydrogen (secondary N) is 1. The molecule has 0 aliphatic heterocycles. The van der Waals surface area contributed by atoms with Gasteiger partial charge < -0.3 is 5.32 Å². The highest BCUT2D eigenvalue weighted by Crippen LogP contribution is 2.28. The van der Waals surface area contributed by atoms with Crippen LogP contribution in [0.4, 0.5) is 10.1 Å². The smallest absolute Gasteiger partial charge is 0.273 e. The molecule has 0 amide bonds. The lowest BCUT2D eigenvalue weighted by atomic mass is 10.3. The molecule has 0 fully saturated rings. The Bertz CT molecular complexity index is 698. The number of thiophene rings is 1. The number of hydrogen-bond acceptors (Lipinski definition) is 4. The summed E-state index contributed by atoms with van der Waals surface area (Å²) in [6.07, 6.45) is 0. The van der Waals surface area contributed by atoms with Gasteiger partial charge in [0.15, 0.2) is 0 Å². The fourth-order valence-corrected chi connectivity index (χ4v) is 4.48. The lowest BCUT2D eigenvalue weighted by Gasteiger charge is -2.18. The predicted octanol–water partition coefficient (Wildman–Crippen LogP) is 2.43. The molecular formula is C13H15FN2O2S2. The third-order valence-corrected chi connectivity index (χ3v) is 6.12. The number of anilines is 1. The van der Waals surface area contributed by atoms with E-state index >= 15 is 0 Å². The first kappa shape index (κ1) is 15.0. The van der Waals surface area contributed by atoms with Crippen LogP contribution in [0.1, 0.15) is 4.88 Å². The Balaban J connectivity index is 2.36. The van der Waals surface area contributed by atoms with Gasteiger partial charge in [0.05, 0.1) is 5.69 Å². The van der Waals surface area contributed by atoms with Gasteiger partial charge in [-0.25, -0.2) is 12.8 Å². The van der Waals surface area contributed by atoms with E-state index in [-0.39, 0.29) is 9.90 Å². The van der Waals surface area contributed by atoms with Gasteiger partial charge in [-0.1, -0.05) is 12.1 Å². The molecule has 1 heterocycles. The maximum atomic E-state index is 13.7. The number of nitrogens with zero attached hydrogens (tertiary/aromatic N) is 1. The average molecular weight is 314 g/mol. The van der Waals surface area contributed by atoms with Crippen molar-refractivity contribution in [3.63, 3.8) is 0 Å². The van der Waals surface area contributed by atoms with E-state index in [1.54, 1.807) is 25.2 Å². The Kier molecular flexibility index (Phi) is 4.42. The molecule has 2 rings (SSSR count). The normalized spacial score (nSPS) is 11.6. The maximum Gasteiger partial charge on any atom is 0.273 e. The maximum absolute atomic E-state index is 13.7. The molecule has 0 aliphatic rings. The van der Waals surface area contributed by atoms with E-state index in [2.05, 4.69) is 5.32 Å². The van der Waals surface area contributed by atoms with E-state index in [0.29, 0.717) is 6.54 Å². The van der Waals surface area contributed by atoms with Crippen LogP contribution in [0.3, 0.4) is 0 Å². The van der Waals surface area contributed by atoms with E-state index in [9.17, 15) is 12.8 Å². The van der Waals surface area contributed by atoms with Gasteiger partial charge in [-0.3, -0.25) is 4.31 Å². The molecule has 0 aliphatic carbocycles. The summed E-state index contributed by atoms with van der Waals surface area (Å²) in [6.45, 7) is 0.601. The van der Waals surface area contributed by atoms with E-state index in [4.69, 9.17) is 0 Å². The molecule has 1 N–H and O–H groups in total. The molecule has 1 aromatic carbocycles. The van der Waals surface area contributed by atoms with E-state index in [1.807, 2.05) is 0 Å². The van der Waals surface area contributed by atoms with Crippen molar-refractivity contribution < 1.29 is 12.8 Å². The monoisotopic (exact) mass is 314 g/mol. The third kappa shape index (κ3) is 2.84. The van der Waals surface area contributed by atoms with Crippen LogP contribution in [0.15, 0.2) is 40.6 Å². The van der Waals surface area contributed by atoms with Crippen molar-refractivity contribution in [2.75, 3.05) is 18.4 Å². The van der Waals surface area contributed by atoms with Crippen LogP contribution < -0.4 is 9.62 Å². The lowest BCUT2D eigenvalue weighted by molar-refractivity contribution is 0.591. The van der Waals surface area contributed by atoms with Gasteiger partial charge in [0.2, 0.25) is 0 Å². The summed E-state index contributed by atoms with van der Waals surface area (Å²) in [5, 5.41) is 2.96. The molecule has 0 spiro atoms. The molecule has 0 bridgehead atoms. The van der Waals surface area contributed by atoms with Gasteiger partial charge in [-0.15, -0.1) is 11.3 Å². The van der Waals surface area contributed by atoms with E-state index in [0.717, 1.165) is 9.18 Å². The zero-order chi connectivity index (χ0) is 14.8. The number of para-hydroxylation sites is 1.